The fourth-order valence-corrected chi connectivity index (χ4v) is 6.91. The van der Waals surface area contributed by atoms with Crippen LogP contribution in [0.15, 0.2) is 0 Å². The number of carboxylic acids is 2. The van der Waals surface area contributed by atoms with Gasteiger partial charge >= 0.3 is 11.9 Å². The van der Waals surface area contributed by atoms with Crippen molar-refractivity contribution in [3.8, 4) is 0 Å². The van der Waals surface area contributed by atoms with Crippen LogP contribution in [0, 0.1) is 0 Å². The van der Waals surface area contributed by atoms with Crippen LogP contribution in [0.5, 0.6) is 0 Å². The van der Waals surface area contributed by atoms with Crippen LogP contribution in [0.1, 0.15) is 64.2 Å². The van der Waals surface area contributed by atoms with Crippen molar-refractivity contribution in [1.82, 2.24) is 42.5 Å². The molecule has 0 saturated heterocycles. The molecule has 6 amide bonds. The SMILES string of the molecule is NCCCCNCCCNC(=O)CNC(=O)[C@@H](CSSC[C@@H](NC(=O)CC[C@H](N)C(=O)O)C(=O)NCC(=O)NCCCNCCCCN)NC(=O)CC[C@@H](N)C(=O)O. The van der Waals surface area contributed by atoms with Crippen molar-refractivity contribution in [3.63, 3.8) is 0 Å². The quantitative estimate of drug-likeness (QED) is 0.0207. The van der Waals surface area contributed by atoms with Gasteiger partial charge in [0.05, 0.1) is 13.1 Å². The Hall–Kier alpha value is -3.78. The minimum absolute atomic E-state index is 0.0787. The minimum atomic E-state index is -1.30. The van der Waals surface area contributed by atoms with E-state index in [0.717, 1.165) is 60.4 Å². The van der Waals surface area contributed by atoms with E-state index in [4.69, 9.17) is 33.1 Å². The third kappa shape index (κ3) is 30.3. The van der Waals surface area contributed by atoms with Crippen LogP contribution in [0.2, 0.25) is 0 Å². The van der Waals surface area contributed by atoms with Gasteiger partial charge in [0, 0.05) is 37.4 Å². The van der Waals surface area contributed by atoms with Crippen molar-refractivity contribution in [2.45, 2.75) is 88.4 Å². The maximum absolute atomic E-state index is 13.1. The lowest BCUT2D eigenvalue weighted by Crippen LogP contribution is -2.51. The highest BCUT2D eigenvalue weighted by Crippen LogP contribution is 2.23. The van der Waals surface area contributed by atoms with Gasteiger partial charge in [-0.05, 0) is 90.6 Å². The number of hydrogen-bond donors (Lipinski definition) is 14. The Balaban J connectivity index is 5.32. The molecule has 334 valence electrons. The molecule has 0 radical (unpaired) electrons. The number of hydrogen-bond acceptors (Lipinski definition) is 16. The molecule has 24 heteroatoms. The van der Waals surface area contributed by atoms with Gasteiger partial charge in [-0.2, -0.15) is 0 Å². The van der Waals surface area contributed by atoms with Gasteiger partial charge < -0.3 is 75.7 Å². The number of aliphatic carboxylic acids is 2. The number of amides is 6. The van der Waals surface area contributed by atoms with Crippen molar-refractivity contribution < 1.29 is 48.6 Å². The molecule has 0 fully saturated rings. The molecule has 0 rings (SSSR count). The lowest BCUT2D eigenvalue weighted by Gasteiger charge is -2.20. The fourth-order valence-electron chi connectivity index (χ4n) is 4.58. The number of carbonyl (C=O) groups is 8. The summed E-state index contributed by atoms with van der Waals surface area (Å²) in [5.41, 5.74) is 21.9. The molecule has 0 bridgehead atoms. The number of carboxylic acid groups (broad SMARTS) is 2. The Bertz CT molecular complexity index is 1160. The first kappa shape index (κ1) is 54.2. The summed E-state index contributed by atoms with van der Waals surface area (Å²) < 4.78 is 0. The van der Waals surface area contributed by atoms with Gasteiger partial charge in [-0.1, -0.05) is 21.6 Å². The van der Waals surface area contributed by atoms with E-state index < -0.39 is 71.5 Å². The molecule has 0 aliphatic rings. The number of nitrogens with one attached hydrogen (secondary N) is 8. The van der Waals surface area contributed by atoms with Gasteiger partial charge in [0.25, 0.3) is 0 Å². The fraction of sp³-hybridized carbons (Fsp3) is 0.765. The second kappa shape index (κ2) is 35.2. The van der Waals surface area contributed by atoms with Gasteiger partial charge in [-0.15, -0.1) is 0 Å². The number of unbranched alkanes of at least 4 members (excludes halogenated alkanes) is 2. The van der Waals surface area contributed by atoms with E-state index in [0.29, 0.717) is 52.1 Å². The lowest BCUT2D eigenvalue weighted by atomic mass is 10.1. The van der Waals surface area contributed by atoms with Crippen LogP contribution in [0.3, 0.4) is 0 Å². The average Bonchev–Trinajstić information content (AvgIpc) is 3.19. The van der Waals surface area contributed by atoms with Gasteiger partial charge in [0.15, 0.2) is 0 Å². The summed E-state index contributed by atoms with van der Waals surface area (Å²) in [5.74, 6) is -6.38. The van der Waals surface area contributed by atoms with E-state index in [9.17, 15) is 38.4 Å². The molecular weight excluding hydrogens is 801 g/mol. The number of rotatable bonds is 37. The third-order valence-electron chi connectivity index (χ3n) is 8.02. The van der Waals surface area contributed by atoms with Crippen LogP contribution in [0.25, 0.3) is 0 Å². The predicted molar refractivity (Wildman–Crippen MR) is 222 cm³/mol. The normalized spacial score (nSPS) is 13.0. The maximum atomic E-state index is 13.1. The van der Waals surface area contributed by atoms with Crippen molar-refractivity contribution in [1.29, 1.82) is 0 Å². The molecule has 0 unspecified atom stereocenters. The molecule has 0 aromatic rings. The monoisotopic (exact) mass is 866 g/mol. The first-order valence-electron chi connectivity index (χ1n) is 19.4. The highest BCUT2D eigenvalue weighted by molar-refractivity contribution is 8.76. The zero-order valence-corrected chi connectivity index (χ0v) is 34.8. The largest absolute Gasteiger partial charge is 0.480 e. The summed E-state index contributed by atoms with van der Waals surface area (Å²) in [6.07, 6.45) is 4.06. The Morgan fingerprint density at radius 3 is 1.19 bits per heavy atom. The molecule has 0 aromatic carbocycles. The van der Waals surface area contributed by atoms with Crippen molar-refractivity contribution in [2.24, 2.45) is 22.9 Å². The standard InChI is InChI=1S/C34H66N12O10S2/c35-11-1-3-13-39-15-5-17-41-29(49)19-43-31(51)25(45-27(47)9-7-23(37)33(53)54)21-57-58-22-26(46-28(48)10-8-24(38)34(55)56)32(52)44-20-30(50)42-18-6-16-40-14-4-2-12-36/h23-26,39-40H,1-22,35-38H2,(H,41,49)(H,42,50)(H,43,51)(H,44,52)(H,45,47)(H,46,48)(H,53,54)(H,55,56)/t23-,24+,25-,26-/m1/s1. The van der Waals surface area contributed by atoms with Crippen molar-refractivity contribution >= 4 is 69.0 Å². The van der Waals surface area contributed by atoms with Gasteiger partial charge in [-0.25, -0.2) is 0 Å². The van der Waals surface area contributed by atoms with E-state index in [1.807, 2.05) is 0 Å². The second-order valence-corrected chi connectivity index (χ2v) is 15.7. The molecule has 0 aromatic heterocycles. The van der Waals surface area contributed by atoms with E-state index >= 15 is 0 Å². The van der Waals surface area contributed by atoms with E-state index in [-0.39, 0.29) is 50.3 Å². The zero-order chi connectivity index (χ0) is 43.6. The molecule has 0 aliphatic carbocycles. The summed E-state index contributed by atoms with van der Waals surface area (Å²) in [7, 11) is 2.10. The van der Waals surface area contributed by atoms with Crippen LogP contribution < -0.4 is 65.5 Å². The maximum Gasteiger partial charge on any atom is 0.320 e. The van der Waals surface area contributed by atoms with Gasteiger partial charge in [0.1, 0.15) is 24.2 Å². The molecule has 0 spiro atoms. The summed E-state index contributed by atoms with van der Waals surface area (Å²) in [4.78, 5) is 98.4. The summed E-state index contributed by atoms with van der Waals surface area (Å²) >= 11 is 0. The summed E-state index contributed by atoms with van der Waals surface area (Å²) in [6, 6.07) is -4.98. The van der Waals surface area contributed by atoms with Gasteiger partial charge in [-0.3, -0.25) is 38.4 Å². The van der Waals surface area contributed by atoms with E-state index in [2.05, 4.69) is 42.5 Å². The Labute approximate surface area is 347 Å². The average molecular weight is 867 g/mol. The van der Waals surface area contributed by atoms with Crippen molar-refractivity contribution in [3.05, 3.63) is 0 Å². The molecule has 0 aliphatic heterocycles. The van der Waals surface area contributed by atoms with Crippen LogP contribution in [0.4, 0.5) is 0 Å². The Morgan fingerprint density at radius 1 is 0.483 bits per heavy atom. The first-order valence-corrected chi connectivity index (χ1v) is 21.9. The highest BCUT2D eigenvalue weighted by atomic mass is 33.1. The number of carbonyl (C=O) groups excluding carboxylic acids is 6. The van der Waals surface area contributed by atoms with E-state index in [1.54, 1.807) is 0 Å². The Kier molecular flexibility index (Phi) is 32.9. The molecule has 0 heterocycles. The smallest absolute Gasteiger partial charge is 0.320 e. The molecular formula is C34H66N12O10S2. The van der Waals surface area contributed by atoms with Crippen LogP contribution in [-0.2, 0) is 38.4 Å². The van der Waals surface area contributed by atoms with Gasteiger partial charge in [0.2, 0.25) is 35.4 Å². The third-order valence-corrected chi connectivity index (χ3v) is 10.4. The highest BCUT2D eigenvalue weighted by Gasteiger charge is 2.26. The second-order valence-electron chi connectivity index (χ2n) is 13.1. The summed E-state index contributed by atoms with van der Waals surface area (Å²) in [5, 5.41) is 39.9. The molecule has 4 atom stereocenters. The summed E-state index contributed by atoms with van der Waals surface area (Å²) in [6.45, 7) is 4.21. The van der Waals surface area contributed by atoms with E-state index in [1.165, 1.54) is 0 Å². The number of nitrogens with two attached hydrogens (primary N) is 4. The lowest BCUT2D eigenvalue weighted by molar-refractivity contribution is -0.140. The first-order chi connectivity index (χ1) is 27.7. The molecule has 22 nitrogen and oxygen atoms in total. The van der Waals surface area contributed by atoms with Crippen LogP contribution in [-0.4, -0.2) is 159 Å². The molecule has 0 saturated carbocycles. The van der Waals surface area contributed by atoms with Crippen molar-refractivity contribution in [2.75, 3.05) is 77.0 Å². The minimum Gasteiger partial charge on any atom is -0.480 e. The zero-order valence-electron chi connectivity index (χ0n) is 33.2. The molecule has 58 heavy (non-hydrogen) atoms. The van der Waals surface area contributed by atoms with Crippen LogP contribution >= 0.6 is 21.6 Å². The Morgan fingerprint density at radius 2 is 0.845 bits per heavy atom. The molecule has 18 N–H and O–H groups in total. The topological polar surface area (TPSA) is 377 Å². The predicted octanol–water partition coefficient (Wildman–Crippen LogP) is -4.38.